The van der Waals surface area contributed by atoms with Crippen LogP contribution in [-0.4, -0.2) is 18.1 Å². The SMILES string of the molecule is COc1ccc(C(=O)Nc2ccccc2)cc1NC(=S)Nc1ccc(Cl)c(Cl)c1. The van der Waals surface area contributed by atoms with E-state index in [9.17, 15) is 4.79 Å². The molecule has 3 aromatic rings. The predicted octanol–water partition coefficient (Wildman–Crippen LogP) is 6.06. The van der Waals surface area contributed by atoms with E-state index >= 15 is 0 Å². The fraction of sp³-hybridized carbons (Fsp3) is 0.0476. The first-order chi connectivity index (χ1) is 14.0. The molecule has 3 rings (SSSR count). The van der Waals surface area contributed by atoms with Crippen LogP contribution in [0.4, 0.5) is 17.1 Å². The lowest BCUT2D eigenvalue weighted by molar-refractivity contribution is 0.102. The maximum Gasteiger partial charge on any atom is 0.255 e. The number of ether oxygens (including phenoxy) is 1. The largest absolute Gasteiger partial charge is 0.495 e. The summed E-state index contributed by atoms with van der Waals surface area (Å²) in [5.74, 6) is 0.296. The van der Waals surface area contributed by atoms with Crippen LogP contribution in [0.3, 0.4) is 0 Å². The second-order valence-electron chi connectivity index (χ2n) is 5.94. The van der Waals surface area contributed by atoms with Crippen molar-refractivity contribution in [2.75, 3.05) is 23.1 Å². The molecule has 0 saturated heterocycles. The summed E-state index contributed by atoms with van der Waals surface area (Å²) in [6.45, 7) is 0. The molecule has 0 atom stereocenters. The van der Waals surface area contributed by atoms with Gasteiger partial charge in [0.25, 0.3) is 5.91 Å². The molecule has 3 N–H and O–H groups in total. The Labute approximate surface area is 184 Å². The molecule has 0 heterocycles. The summed E-state index contributed by atoms with van der Waals surface area (Å²) in [5, 5.41) is 10.1. The molecule has 0 aliphatic rings. The Hall–Kier alpha value is -2.80. The first kappa shape index (κ1) is 20.9. The number of amides is 1. The van der Waals surface area contributed by atoms with Crippen molar-refractivity contribution in [3.8, 4) is 5.75 Å². The number of benzene rings is 3. The smallest absolute Gasteiger partial charge is 0.255 e. The number of carbonyl (C=O) groups excluding carboxylic acids is 1. The van der Waals surface area contributed by atoms with Gasteiger partial charge in [-0.25, -0.2) is 0 Å². The number of carbonyl (C=O) groups is 1. The number of thiocarbonyl (C=S) groups is 1. The van der Waals surface area contributed by atoms with Crippen LogP contribution in [0.25, 0.3) is 0 Å². The van der Waals surface area contributed by atoms with Crippen LogP contribution in [0, 0.1) is 0 Å². The van der Waals surface area contributed by atoms with Gasteiger partial charge in [-0.1, -0.05) is 41.4 Å². The molecule has 0 saturated carbocycles. The molecule has 0 radical (unpaired) electrons. The zero-order valence-corrected chi connectivity index (χ0v) is 17.7. The van der Waals surface area contributed by atoms with Crippen molar-refractivity contribution in [1.29, 1.82) is 0 Å². The maximum absolute atomic E-state index is 12.6. The fourth-order valence-corrected chi connectivity index (χ4v) is 3.06. The average Bonchev–Trinajstić information content (AvgIpc) is 2.71. The van der Waals surface area contributed by atoms with E-state index in [2.05, 4.69) is 16.0 Å². The third-order valence-corrected chi connectivity index (χ3v) is 4.86. The van der Waals surface area contributed by atoms with E-state index in [4.69, 9.17) is 40.2 Å². The molecule has 8 heteroatoms. The highest BCUT2D eigenvalue weighted by Gasteiger charge is 2.12. The third-order valence-electron chi connectivity index (χ3n) is 3.92. The zero-order chi connectivity index (χ0) is 20.8. The van der Waals surface area contributed by atoms with Crippen LogP contribution < -0.4 is 20.7 Å². The minimum Gasteiger partial charge on any atom is -0.495 e. The van der Waals surface area contributed by atoms with E-state index in [1.165, 1.54) is 0 Å². The van der Waals surface area contributed by atoms with Gasteiger partial charge in [-0.05, 0) is 60.7 Å². The van der Waals surface area contributed by atoms with Gasteiger partial charge in [0.15, 0.2) is 5.11 Å². The highest BCUT2D eigenvalue weighted by Crippen LogP contribution is 2.28. The minimum absolute atomic E-state index is 0.245. The summed E-state index contributed by atoms with van der Waals surface area (Å²) < 4.78 is 5.36. The van der Waals surface area contributed by atoms with Gasteiger partial charge < -0.3 is 20.7 Å². The fourth-order valence-electron chi connectivity index (χ4n) is 2.53. The molecule has 0 fully saturated rings. The Morgan fingerprint density at radius 1 is 0.862 bits per heavy atom. The van der Waals surface area contributed by atoms with Crippen molar-refractivity contribution in [2.45, 2.75) is 0 Å². The van der Waals surface area contributed by atoms with Gasteiger partial charge in [0, 0.05) is 16.9 Å². The van der Waals surface area contributed by atoms with Crippen molar-refractivity contribution < 1.29 is 9.53 Å². The van der Waals surface area contributed by atoms with E-state index in [1.807, 2.05) is 30.3 Å². The number of hydrogen-bond donors (Lipinski definition) is 3. The van der Waals surface area contributed by atoms with Gasteiger partial charge in [0.05, 0.1) is 22.8 Å². The summed E-state index contributed by atoms with van der Waals surface area (Å²) in [7, 11) is 1.54. The van der Waals surface area contributed by atoms with Crippen molar-refractivity contribution in [3.05, 3.63) is 82.3 Å². The molecule has 0 spiro atoms. The first-order valence-corrected chi connectivity index (χ1v) is 9.70. The highest BCUT2D eigenvalue weighted by atomic mass is 35.5. The van der Waals surface area contributed by atoms with Crippen molar-refractivity contribution in [1.82, 2.24) is 0 Å². The lowest BCUT2D eigenvalue weighted by Crippen LogP contribution is -2.20. The monoisotopic (exact) mass is 445 g/mol. The second kappa shape index (κ2) is 9.60. The van der Waals surface area contributed by atoms with E-state index in [-0.39, 0.29) is 5.91 Å². The Bertz CT molecular complexity index is 1050. The molecule has 5 nitrogen and oxygen atoms in total. The molecule has 0 aromatic heterocycles. The van der Waals surface area contributed by atoms with Gasteiger partial charge >= 0.3 is 0 Å². The van der Waals surface area contributed by atoms with E-state index < -0.39 is 0 Å². The minimum atomic E-state index is -0.245. The molecular formula is C21H17Cl2N3O2S. The second-order valence-corrected chi connectivity index (χ2v) is 7.17. The number of para-hydroxylation sites is 1. The molecule has 148 valence electrons. The Kier molecular flexibility index (Phi) is 6.93. The van der Waals surface area contributed by atoms with E-state index in [0.717, 1.165) is 0 Å². The summed E-state index contributed by atoms with van der Waals surface area (Å²) in [4.78, 5) is 12.6. The van der Waals surface area contributed by atoms with Gasteiger partial charge in [-0.3, -0.25) is 4.79 Å². The van der Waals surface area contributed by atoms with E-state index in [1.54, 1.807) is 43.5 Å². The Morgan fingerprint density at radius 3 is 2.31 bits per heavy atom. The van der Waals surface area contributed by atoms with Crippen LogP contribution in [0.1, 0.15) is 10.4 Å². The number of halogens is 2. The average molecular weight is 446 g/mol. The molecular weight excluding hydrogens is 429 g/mol. The van der Waals surface area contributed by atoms with Crippen molar-refractivity contribution in [3.63, 3.8) is 0 Å². The standard InChI is InChI=1S/C21H17Cl2N3O2S/c1-28-19-10-7-13(20(27)24-14-5-3-2-4-6-14)11-18(19)26-21(29)25-15-8-9-16(22)17(23)12-15/h2-12H,1H3,(H,24,27)(H2,25,26,29). The number of hydrogen-bond acceptors (Lipinski definition) is 3. The zero-order valence-electron chi connectivity index (χ0n) is 15.3. The highest BCUT2D eigenvalue weighted by molar-refractivity contribution is 7.80. The van der Waals surface area contributed by atoms with Crippen LogP contribution in [0.2, 0.25) is 10.0 Å². The Morgan fingerprint density at radius 2 is 1.62 bits per heavy atom. The molecule has 0 aliphatic heterocycles. The third kappa shape index (κ3) is 5.60. The maximum atomic E-state index is 12.6. The summed E-state index contributed by atoms with van der Waals surface area (Å²) >= 11 is 17.3. The predicted molar refractivity (Wildman–Crippen MR) is 124 cm³/mol. The number of anilines is 3. The van der Waals surface area contributed by atoms with Gasteiger partial charge in [-0.2, -0.15) is 0 Å². The normalized spacial score (nSPS) is 10.2. The lowest BCUT2D eigenvalue weighted by Gasteiger charge is -2.15. The van der Waals surface area contributed by atoms with Gasteiger partial charge in [0.1, 0.15) is 5.75 Å². The quantitative estimate of drug-likeness (QED) is 0.416. The molecule has 0 aliphatic carbocycles. The van der Waals surface area contributed by atoms with Crippen molar-refractivity contribution >= 4 is 63.5 Å². The van der Waals surface area contributed by atoms with Crippen LogP contribution in [0.15, 0.2) is 66.7 Å². The number of rotatable bonds is 5. The molecule has 29 heavy (non-hydrogen) atoms. The van der Waals surface area contributed by atoms with E-state index in [0.29, 0.717) is 43.5 Å². The molecule has 3 aromatic carbocycles. The van der Waals surface area contributed by atoms with Gasteiger partial charge in [-0.15, -0.1) is 0 Å². The van der Waals surface area contributed by atoms with Crippen LogP contribution in [0.5, 0.6) is 5.75 Å². The summed E-state index contributed by atoms with van der Waals surface area (Å²) in [6.07, 6.45) is 0. The number of methoxy groups -OCH3 is 1. The summed E-state index contributed by atoms with van der Waals surface area (Å²) in [6, 6.07) is 19.3. The van der Waals surface area contributed by atoms with Crippen LogP contribution in [-0.2, 0) is 0 Å². The van der Waals surface area contributed by atoms with Crippen molar-refractivity contribution in [2.24, 2.45) is 0 Å². The number of nitrogens with one attached hydrogen (secondary N) is 3. The lowest BCUT2D eigenvalue weighted by atomic mass is 10.1. The van der Waals surface area contributed by atoms with Crippen LogP contribution >= 0.6 is 35.4 Å². The molecule has 0 bridgehead atoms. The first-order valence-electron chi connectivity index (χ1n) is 8.54. The summed E-state index contributed by atoms with van der Waals surface area (Å²) in [5.41, 5.74) is 2.38. The molecule has 1 amide bonds. The van der Waals surface area contributed by atoms with Gasteiger partial charge in [0.2, 0.25) is 0 Å². The Balaban J connectivity index is 1.75. The topological polar surface area (TPSA) is 62.4 Å². The molecule has 0 unspecified atom stereocenters.